The van der Waals surface area contributed by atoms with E-state index in [1.165, 1.54) is 20.9 Å². The Morgan fingerprint density at radius 2 is 1.71 bits per heavy atom. The molecule has 14 heavy (non-hydrogen) atoms. The van der Waals surface area contributed by atoms with Crippen LogP contribution in [0.5, 0.6) is 0 Å². The molecular weight excluding hydrogens is 255 g/mol. The van der Waals surface area contributed by atoms with Crippen molar-refractivity contribution in [3.05, 3.63) is 24.3 Å². The number of nitrogens with zero attached hydrogens (tertiary/aromatic N) is 1. The summed E-state index contributed by atoms with van der Waals surface area (Å²) in [6.07, 6.45) is 9.08. The van der Waals surface area contributed by atoms with Gasteiger partial charge in [0.1, 0.15) is 0 Å². The van der Waals surface area contributed by atoms with Gasteiger partial charge in [0, 0.05) is 6.61 Å². The minimum atomic E-state index is 0.189. The van der Waals surface area contributed by atoms with Gasteiger partial charge in [-0.1, -0.05) is 24.3 Å². The smallest absolute Gasteiger partial charge is 0.0439 e. The molecule has 0 atom stereocenters. The molecule has 0 heterocycles. The van der Waals surface area contributed by atoms with E-state index in [0.29, 0.717) is 12.5 Å². The average molecular weight is 274 g/mol. The van der Waals surface area contributed by atoms with Gasteiger partial charge in [0.2, 0.25) is 0 Å². The molecule has 1 aliphatic carbocycles. The fourth-order valence-corrected chi connectivity index (χ4v) is 0.819. The van der Waals surface area contributed by atoms with E-state index in [0.717, 1.165) is 6.42 Å². The van der Waals surface area contributed by atoms with Crippen LogP contribution in [0.3, 0.4) is 0 Å². The summed E-state index contributed by atoms with van der Waals surface area (Å²) in [6, 6.07) is 0. The van der Waals surface area contributed by atoms with Crippen LogP contribution in [0.15, 0.2) is 27.6 Å². The van der Waals surface area contributed by atoms with Crippen LogP contribution in [0.4, 0.5) is 0 Å². The Morgan fingerprint density at radius 1 is 1.29 bits per heavy atom. The van der Waals surface area contributed by atoms with E-state index < -0.39 is 0 Å². The average Bonchev–Trinajstić information content (AvgIpc) is 2.58. The quantitative estimate of drug-likeness (QED) is 0.771. The van der Waals surface area contributed by atoms with Gasteiger partial charge < -0.3 is 5.11 Å². The SMILES string of the molecule is CC(C)(C)[N]=[Nb].OCCC1C=CC=C1. The first-order valence-corrected chi connectivity index (χ1v) is 5.80. The molecule has 1 aliphatic rings. The van der Waals surface area contributed by atoms with E-state index in [2.05, 4.69) is 36.3 Å². The summed E-state index contributed by atoms with van der Waals surface area (Å²) in [5.74, 6) is 0.500. The van der Waals surface area contributed by atoms with Crippen LogP contribution in [0.1, 0.15) is 27.2 Å². The van der Waals surface area contributed by atoms with Crippen LogP contribution < -0.4 is 0 Å². The molecule has 0 amide bonds. The molecule has 0 fully saturated rings. The third kappa shape index (κ3) is 8.57. The van der Waals surface area contributed by atoms with E-state index in [1.807, 2.05) is 12.2 Å². The van der Waals surface area contributed by atoms with Gasteiger partial charge >= 0.3 is 50.5 Å². The van der Waals surface area contributed by atoms with Crippen LogP contribution in [-0.2, 0) is 20.9 Å². The summed E-state index contributed by atoms with van der Waals surface area (Å²) >= 11 is 1.52. The van der Waals surface area contributed by atoms with E-state index in [-0.39, 0.29) is 5.54 Å². The molecule has 0 saturated heterocycles. The molecule has 3 heteroatoms. The normalized spacial score (nSPS) is 15.1. The maximum atomic E-state index is 8.46. The first-order valence-electron chi connectivity index (χ1n) is 4.81. The Bertz CT molecular complexity index is 204. The summed E-state index contributed by atoms with van der Waals surface area (Å²) in [5, 5.41) is 8.46. The van der Waals surface area contributed by atoms with Crippen molar-refractivity contribution < 1.29 is 26.0 Å². The summed E-state index contributed by atoms with van der Waals surface area (Å²) < 4.78 is 4.07. The van der Waals surface area contributed by atoms with E-state index >= 15 is 0 Å². The van der Waals surface area contributed by atoms with Crippen molar-refractivity contribution in [2.24, 2.45) is 9.26 Å². The Morgan fingerprint density at radius 3 is 2.00 bits per heavy atom. The molecule has 0 aromatic heterocycles. The third-order valence-electron chi connectivity index (χ3n) is 1.59. The molecule has 0 spiro atoms. The number of aliphatic hydroxyl groups is 1. The minimum absolute atomic E-state index is 0.189. The number of hydrogen-bond acceptors (Lipinski definition) is 2. The molecule has 0 aromatic rings. The first-order chi connectivity index (χ1) is 6.49. The van der Waals surface area contributed by atoms with Gasteiger partial charge in [-0.3, -0.25) is 0 Å². The second kappa shape index (κ2) is 7.30. The zero-order chi connectivity index (χ0) is 11.0. The number of allylic oxidation sites excluding steroid dienone is 4. The molecule has 0 saturated carbocycles. The van der Waals surface area contributed by atoms with Gasteiger partial charge in [0.15, 0.2) is 0 Å². The van der Waals surface area contributed by atoms with Crippen molar-refractivity contribution in [2.45, 2.75) is 32.7 Å². The molecule has 0 unspecified atom stereocenters. The van der Waals surface area contributed by atoms with Crippen LogP contribution in [0.25, 0.3) is 0 Å². The third-order valence-corrected chi connectivity index (χ3v) is 3.06. The standard InChI is InChI=1S/C7H10O.C4H9N.Nb/c8-6-5-7-3-1-2-4-7;1-4(2,3)5;/h1-4,7-8H,5-6H2;1-3H3;. The predicted molar refractivity (Wildman–Crippen MR) is 55.7 cm³/mol. The number of rotatable bonds is 2. The molecule has 2 nitrogen and oxygen atoms in total. The van der Waals surface area contributed by atoms with E-state index in [1.54, 1.807) is 0 Å². The van der Waals surface area contributed by atoms with Gasteiger partial charge in [-0.05, 0) is 12.3 Å². The van der Waals surface area contributed by atoms with Crippen molar-refractivity contribution in [1.29, 1.82) is 0 Å². The summed E-state index contributed by atoms with van der Waals surface area (Å²) in [7, 11) is 0. The maximum Gasteiger partial charge on any atom is 0.0439 e. The largest absolute Gasteiger partial charge is 0.396 e. The molecule has 1 N–H and O–H groups in total. The minimum Gasteiger partial charge on any atom is -0.396 e. The molecule has 79 valence electrons. The maximum absolute atomic E-state index is 8.46. The summed E-state index contributed by atoms with van der Waals surface area (Å²) in [4.78, 5) is 0. The predicted octanol–water partition coefficient (Wildman–Crippen LogP) is 2.63. The van der Waals surface area contributed by atoms with Crippen LogP contribution in [0, 0.1) is 5.92 Å². The van der Waals surface area contributed by atoms with Gasteiger partial charge in [-0.15, -0.1) is 0 Å². The monoisotopic (exact) mass is 274 g/mol. The fraction of sp³-hybridized carbons (Fsp3) is 0.636. The Kier molecular flexibility index (Phi) is 7.29. The van der Waals surface area contributed by atoms with Crippen LogP contribution >= 0.6 is 0 Å². The molecule has 0 radical (unpaired) electrons. The molecule has 0 aliphatic heterocycles. The molecule has 0 bridgehead atoms. The Labute approximate surface area is 98.9 Å². The summed E-state index contributed by atoms with van der Waals surface area (Å²) in [6.45, 7) is 6.56. The van der Waals surface area contributed by atoms with Crippen molar-refractivity contribution in [1.82, 2.24) is 0 Å². The van der Waals surface area contributed by atoms with Crippen molar-refractivity contribution >= 4 is 0 Å². The fourth-order valence-electron chi connectivity index (χ4n) is 0.819. The van der Waals surface area contributed by atoms with Crippen molar-refractivity contribution in [3.63, 3.8) is 0 Å². The van der Waals surface area contributed by atoms with E-state index in [4.69, 9.17) is 5.11 Å². The second-order valence-corrected chi connectivity index (χ2v) is 4.71. The van der Waals surface area contributed by atoms with Gasteiger partial charge in [-0.2, -0.15) is 0 Å². The molecule has 0 aromatic carbocycles. The first kappa shape index (κ1) is 14.0. The number of hydrogen-bond donors (Lipinski definition) is 1. The van der Waals surface area contributed by atoms with Crippen LogP contribution in [-0.4, -0.2) is 17.3 Å². The van der Waals surface area contributed by atoms with E-state index in [9.17, 15) is 0 Å². The van der Waals surface area contributed by atoms with Crippen molar-refractivity contribution in [3.8, 4) is 0 Å². The summed E-state index contributed by atoms with van der Waals surface area (Å²) in [5.41, 5.74) is 0.189. The zero-order valence-corrected chi connectivity index (χ0v) is 11.3. The van der Waals surface area contributed by atoms with Gasteiger partial charge in [0.25, 0.3) is 0 Å². The Balaban J connectivity index is 0.000000255. The zero-order valence-electron chi connectivity index (χ0n) is 9.14. The number of aliphatic hydroxyl groups excluding tert-OH is 1. The molecule has 1 rings (SSSR count). The van der Waals surface area contributed by atoms with Gasteiger partial charge in [0.05, 0.1) is 0 Å². The topological polar surface area (TPSA) is 32.6 Å². The second-order valence-electron chi connectivity index (χ2n) is 4.22. The van der Waals surface area contributed by atoms with Crippen LogP contribution in [0.2, 0.25) is 0 Å². The van der Waals surface area contributed by atoms with Crippen molar-refractivity contribution in [2.75, 3.05) is 6.61 Å². The van der Waals surface area contributed by atoms with Gasteiger partial charge in [-0.25, -0.2) is 0 Å². The molecular formula is C11H19NNbO. The Hall–Kier alpha value is -0.0197.